The van der Waals surface area contributed by atoms with Crippen LogP contribution in [0.1, 0.15) is 158 Å². The van der Waals surface area contributed by atoms with Crippen molar-refractivity contribution in [3.63, 3.8) is 0 Å². The highest BCUT2D eigenvalue weighted by Crippen LogP contribution is 2.43. The molecule has 0 atom stereocenters. The topological polar surface area (TPSA) is 161 Å². The molecular formula is C48H88N2O11S2. The van der Waals surface area contributed by atoms with E-state index in [1.54, 1.807) is 0 Å². The first kappa shape index (κ1) is 60.2. The van der Waals surface area contributed by atoms with Gasteiger partial charge in [-0.1, -0.05) is 107 Å². The van der Waals surface area contributed by atoms with Gasteiger partial charge in [0, 0.05) is 24.3 Å². The number of rotatable bonds is 32. The third-order valence-corrected chi connectivity index (χ3v) is 13.3. The van der Waals surface area contributed by atoms with E-state index >= 15 is 0 Å². The largest absolute Gasteiger partial charge is 0.744 e. The van der Waals surface area contributed by atoms with Gasteiger partial charge in [0.15, 0.2) is 23.0 Å². The summed E-state index contributed by atoms with van der Waals surface area (Å²) >= 11 is 0. The zero-order chi connectivity index (χ0) is 48.0. The fraction of sp³-hybridized carbons (Fsp3) is 0.750. The van der Waals surface area contributed by atoms with Crippen LogP contribution >= 0.6 is 0 Å². The zero-order valence-corrected chi connectivity index (χ0v) is 43.1. The van der Waals surface area contributed by atoms with Gasteiger partial charge in [-0.05, 0) is 51.4 Å². The Balaban J connectivity index is 0.000000978. The van der Waals surface area contributed by atoms with Crippen molar-refractivity contribution in [1.29, 1.82) is 0 Å². The fourth-order valence-corrected chi connectivity index (χ4v) is 8.84. The van der Waals surface area contributed by atoms with Crippen LogP contribution in [0.4, 0.5) is 0 Å². The number of ether oxygens (including phenoxy) is 5. The molecule has 0 amide bonds. The SMILES string of the molecule is CCCC[N+](CCCC)(CCCC)CCCC.CCCC[N+](CCCC)(CCCC)CCCC.COc1cc(Oc2cc(OC)c(OC)cc2S(=O)(=O)[O-])c(S(=O)(=O)[O-])cc1OC. The average molecular weight is 933 g/mol. The molecule has 0 heterocycles. The van der Waals surface area contributed by atoms with Gasteiger partial charge in [0.25, 0.3) is 0 Å². The molecule has 0 fully saturated rings. The van der Waals surface area contributed by atoms with Gasteiger partial charge in [-0.25, -0.2) is 16.8 Å². The summed E-state index contributed by atoms with van der Waals surface area (Å²) in [5.74, 6) is -1.37. The smallest absolute Gasteiger partial charge is 0.164 e. The fourth-order valence-electron chi connectivity index (χ4n) is 7.64. The van der Waals surface area contributed by atoms with Gasteiger partial charge in [-0.2, -0.15) is 0 Å². The van der Waals surface area contributed by atoms with Crippen LogP contribution in [-0.2, 0) is 20.2 Å². The molecule has 0 bridgehead atoms. The average Bonchev–Trinajstić information content (AvgIpc) is 3.27. The van der Waals surface area contributed by atoms with Crippen molar-refractivity contribution >= 4 is 20.2 Å². The second-order valence-corrected chi connectivity index (χ2v) is 19.3. The molecule has 2 rings (SSSR count). The van der Waals surface area contributed by atoms with E-state index in [4.69, 9.17) is 23.7 Å². The van der Waals surface area contributed by atoms with Crippen LogP contribution in [0.25, 0.3) is 0 Å². The molecule has 0 aliphatic heterocycles. The number of benzene rings is 2. The van der Waals surface area contributed by atoms with E-state index in [-0.39, 0.29) is 23.0 Å². The summed E-state index contributed by atoms with van der Waals surface area (Å²) in [6.45, 7) is 30.0. The maximum atomic E-state index is 11.7. The van der Waals surface area contributed by atoms with Crippen LogP contribution in [-0.4, -0.2) is 116 Å². The Hall–Kier alpha value is -2.82. The third-order valence-electron chi connectivity index (χ3n) is 11.5. The molecule has 0 N–H and O–H groups in total. The van der Waals surface area contributed by atoms with Crippen LogP contribution in [0.3, 0.4) is 0 Å². The number of nitrogens with zero attached hydrogens (tertiary/aromatic N) is 2. The molecule has 0 unspecified atom stereocenters. The highest BCUT2D eigenvalue weighted by Gasteiger charge is 2.26. The molecule has 0 aromatic heterocycles. The van der Waals surface area contributed by atoms with Gasteiger partial charge in [0.05, 0.1) is 80.8 Å². The lowest BCUT2D eigenvalue weighted by molar-refractivity contribution is -0.929. The van der Waals surface area contributed by atoms with E-state index in [0.29, 0.717) is 0 Å². The Bertz CT molecular complexity index is 1540. The molecule has 63 heavy (non-hydrogen) atoms. The molecular weight excluding hydrogens is 845 g/mol. The van der Waals surface area contributed by atoms with Crippen molar-refractivity contribution in [1.82, 2.24) is 0 Å². The summed E-state index contributed by atoms with van der Waals surface area (Å²) in [4.78, 5) is -1.72. The molecule has 0 saturated carbocycles. The Morgan fingerprint density at radius 2 is 0.556 bits per heavy atom. The highest BCUT2D eigenvalue weighted by atomic mass is 32.2. The summed E-state index contributed by atoms with van der Waals surface area (Å²) < 4.78 is 98.1. The minimum atomic E-state index is -5.08. The van der Waals surface area contributed by atoms with Crippen LogP contribution in [0, 0.1) is 0 Å². The summed E-state index contributed by atoms with van der Waals surface area (Å²) in [6, 6.07) is 3.70. The third kappa shape index (κ3) is 22.3. The number of hydrogen-bond acceptors (Lipinski definition) is 11. The van der Waals surface area contributed by atoms with E-state index in [1.807, 2.05) is 0 Å². The van der Waals surface area contributed by atoms with E-state index in [9.17, 15) is 25.9 Å². The molecule has 2 aromatic rings. The van der Waals surface area contributed by atoms with Crippen molar-refractivity contribution in [2.75, 3.05) is 80.8 Å². The minimum absolute atomic E-state index is 0.0121. The minimum Gasteiger partial charge on any atom is -0.744 e. The normalized spacial score (nSPS) is 11.8. The van der Waals surface area contributed by atoms with Crippen molar-refractivity contribution in [3.05, 3.63) is 24.3 Å². The first-order valence-electron chi connectivity index (χ1n) is 23.8. The molecule has 0 spiro atoms. The second-order valence-electron chi connectivity index (χ2n) is 16.6. The lowest BCUT2D eigenvalue weighted by atomic mass is 10.1. The quantitative estimate of drug-likeness (QED) is 0.0507. The molecule has 0 aliphatic rings. The summed E-state index contributed by atoms with van der Waals surface area (Å²) in [7, 11) is -5.23. The first-order chi connectivity index (χ1) is 29.9. The van der Waals surface area contributed by atoms with Crippen molar-refractivity contribution in [2.24, 2.45) is 0 Å². The lowest BCUT2D eigenvalue weighted by Gasteiger charge is -2.39. The Kier molecular flexibility index (Phi) is 31.3. The van der Waals surface area contributed by atoms with Gasteiger partial charge >= 0.3 is 0 Å². The molecule has 0 aliphatic carbocycles. The van der Waals surface area contributed by atoms with Crippen LogP contribution in [0.5, 0.6) is 34.5 Å². The number of unbranched alkanes of at least 4 members (excludes halogenated alkanes) is 8. The Labute approximate surface area is 384 Å². The standard InChI is InChI=1S/2C16H36N.C16H18O11S2/c2*1-5-9-13-17(14-10-6-2,15-11-7-3)16-12-8-4;1-23-9-5-13(15(28(17,18)19)7-11(9)25-3)27-14-6-10(24-2)12(26-4)8-16(14)29(20,21)22/h2*5-16H2,1-4H3;5-8H,1-4H3,(H,17,18,19)(H,20,21,22)/q2*+1;/p-2. The molecule has 2 aromatic carbocycles. The van der Waals surface area contributed by atoms with Crippen molar-refractivity contribution < 1.29 is 58.6 Å². The van der Waals surface area contributed by atoms with Gasteiger partial charge in [0.1, 0.15) is 41.5 Å². The van der Waals surface area contributed by atoms with Crippen LogP contribution < -0.4 is 23.7 Å². The summed E-state index contributed by atoms with van der Waals surface area (Å²) in [6.07, 6.45) is 22.1. The summed E-state index contributed by atoms with van der Waals surface area (Å²) in [5.41, 5.74) is 0. The van der Waals surface area contributed by atoms with E-state index in [1.165, 1.54) is 192 Å². The van der Waals surface area contributed by atoms with Gasteiger partial charge < -0.3 is 41.8 Å². The predicted octanol–water partition coefficient (Wildman–Crippen LogP) is 11.3. The maximum Gasteiger partial charge on any atom is 0.164 e. The number of methoxy groups -OCH3 is 4. The molecule has 368 valence electrons. The number of quaternary nitrogens is 2. The van der Waals surface area contributed by atoms with E-state index < -0.39 is 41.5 Å². The lowest BCUT2D eigenvalue weighted by Crippen LogP contribution is -2.50. The van der Waals surface area contributed by atoms with Crippen molar-refractivity contribution in [3.8, 4) is 34.5 Å². The van der Waals surface area contributed by atoms with Gasteiger partial charge in [-0.15, -0.1) is 0 Å². The maximum absolute atomic E-state index is 11.7. The van der Waals surface area contributed by atoms with E-state index in [0.717, 1.165) is 24.3 Å². The predicted molar refractivity (Wildman–Crippen MR) is 254 cm³/mol. The molecule has 13 nitrogen and oxygen atoms in total. The summed E-state index contributed by atoms with van der Waals surface area (Å²) in [5, 5.41) is 0. The molecule has 15 heteroatoms. The van der Waals surface area contributed by atoms with Gasteiger partial charge in [0.2, 0.25) is 0 Å². The second kappa shape index (κ2) is 32.8. The van der Waals surface area contributed by atoms with Gasteiger partial charge in [-0.3, -0.25) is 0 Å². The Morgan fingerprint density at radius 3 is 0.714 bits per heavy atom. The Morgan fingerprint density at radius 1 is 0.365 bits per heavy atom. The monoisotopic (exact) mass is 933 g/mol. The first-order valence-corrected chi connectivity index (χ1v) is 26.6. The highest BCUT2D eigenvalue weighted by molar-refractivity contribution is 7.86. The van der Waals surface area contributed by atoms with E-state index in [2.05, 4.69) is 55.4 Å². The van der Waals surface area contributed by atoms with Crippen molar-refractivity contribution in [2.45, 2.75) is 168 Å². The molecule has 0 radical (unpaired) electrons. The van der Waals surface area contributed by atoms with Crippen LogP contribution in [0.2, 0.25) is 0 Å². The zero-order valence-electron chi connectivity index (χ0n) is 41.5. The molecule has 0 saturated heterocycles. The van der Waals surface area contributed by atoms with Crippen LogP contribution in [0.15, 0.2) is 34.1 Å². The number of hydrogen-bond donors (Lipinski definition) is 0.